The van der Waals surface area contributed by atoms with Gasteiger partial charge in [0.05, 0.1) is 17.1 Å². The van der Waals surface area contributed by atoms with E-state index in [0.717, 1.165) is 16.0 Å². The number of halogens is 2. The first-order valence-corrected chi connectivity index (χ1v) is 8.06. The second kappa shape index (κ2) is 8.15. The molecule has 4 N–H and O–H groups in total. The van der Waals surface area contributed by atoms with E-state index in [9.17, 15) is 9.59 Å². The van der Waals surface area contributed by atoms with Gasteiger partial charge in [-0.15, -0.1) is 0 Å². The highest BCUT2D eigenvalue weighted by molar-refractivity contribution is 6.42. The van der Waals surface area contributed by atoms with Crippen LogP contribution in [0.25, 0.3) is 0 Å². The summed E-state index contributed by atoms with van der Waals surface area (Å²) in [5, 5.41) is 3.07. The predicted octanol–water partition coefficient (Wildman–Crippen LogP) is 1.94. The fraction of sp³-hybridized carbons (Fsp3) is 0.176. The predicted molar refractivity (Wildman–Crippen MR) is 94.0 cm³/mol. The average Bonchev–Trinajstić information content (AvgIpc) is 2.52. The van der Waals surface area contributed by atoms with Crippen LogP contribution < -0.4 is 16.0 Å². The van der Waals surface area contributed by atoms with E-state index in [-0.39, 0.29) is 0 Å². The van der Waals surface area contributed by atoms with Crippen molar-refractivity contribution in [2.45, 2.75) is 12.6 Å². The Bertz CT molecular complexity index is 738. The van der Waals surface area contributed by atoms with Gasteiger partial charge in [0.1, 0.15) is 6.54 Å². The van der Waals surface area contributed by atoms with E-state index < -0.39 is 18.0 Å². The highest BCUT2D eigenvalue weighted by atomic mass is 35.5. The molecular formula is C17H18Cl2N3O2+. The van der Waals surface area contributed by atoms with Gasteiger partial charge < -0.3 is 10.6 Å². The Balaban J connectivity index is 2.30. The van der Waals surface area contributed by atoms with Gasteiger partial charge in [-0.05, 0) is 6.07 Å². The fourth-order valence-corrected chi connectivity index (χ4v) is 2.97. The number of carbonyl (C=O) groups is 2. The van der Waals surface area contributed by atoms with E-state index in [1.807, 2.05) is 43.4 Å². The van der Waals surface area contributed by atoms with E-state index >= 15 is 0 Å². The number of urea groups is 1. The van der Waals surface area contributed by atoms with Gasteiger partial charge in [0.25, 0.3) is 5.91 Å². The summed E-state index contributed by atoms with van der Waals surface area (Å²) in [6.45, 7) is 0.450. The maximum Gasteiger partial charge on any atom is 0.319 e. The number of primary amides is 1. The van der Waals surface area contributed by atoms with Crippen molar-refractivity contribution in [3.05, 3.63) is 69.7 Å². The Hall–Kier alpha value is -2.08. The Morgan fingerprint density at radius 1 is 1.12 bits per heavy atom. The quantitative estimate of drug-likeness (QED) is 0.756. The van der Waals surface area contributed by atoms with Crippen LogP contribution in [0.4, 0.5) is 4.79 Å². The third-order valence-corrected chi connectivity index (χ3v) is 4.49. The van der Waals surface area contributed by atoms with Crippen LogP contribution in [0, 0.1) is 0 Å². The zero-order valence-electron chi connectivity index (χ0n) is 13.1. The minimum Gasteiger partial charge on any atom is -0.351 e. The number of benzene rings is 2. The minimum absolute atomic E-state index is 0.450. The Kier molecular flexibility index (Phi) is 6.20. The highest BCUT2D eigenvalue weighted by Gasteiger charge is 2.30. The van der Waals surface area contributed by atoms with Gasteiger partial charge in [-0.2, -0.15) is 0 Å². The molecule has 5 nitrogen and oxygen atoms in total. The largest absolute Gasteiger partial charge is 0.351 e. The molecule has 2 aromatic rings. The zero-order valence-corrected chi connectivity index (χ0v) is 14.6. The number of hydrogen-bond donors (Lipinski definition) is 3. The van der Waals surface area contributed by atoms with Crippen LogP contribution in [0.3, 0.4) is 0 Å². The third-order valence-electron chi connectivity index (χ3n) is 3.64. The fourth-order valence-electron chi connectivity index (χ4n) is 2.59. The molecule has 0 spiro atoms. The van der Waals surface area contributed by atoms with Crippen LogP contribution in [0.15, 0.2) is 48.5 Å². The molecule has 0 aromatic heterocycles. The second-order valence-corrected chi connectivity index (χ2v) is 6.22. The lowest BCUT2D eigenvalue weighted by Gasteiger charge is -2.24. The lowest BCUT2D eigenvalue weighted by atomic mass is 10.0. The lowest BCUT2D eigenvalue weighted by Crippen LogP contribution is -3.09. The van der Waals surface area contributed by atoms with E-state index in [1.165, 1.54) is 0 Å². The standard InChI is InChI=1S/C17H17Cl2N3O2/c1-22(10-12-8-5-9-13(18)14(12)19)15(16(23)21-17(20)24)11-6-3-2-4-7-11/h2-9,15H,10H2,1H3,(H3,20,21,23,24)/p+1/t15-/m1/s1. The summed E-state index contributed by atoms with van der Waals surface area (Å²) in [4.78, 5) is 24.3. The number of quaternary nitrogens is 1. The van der Waals surface area contributed by atoms with Gasteiger partial charge in [0, 0.05) is 11.1 Å². The number of rotatable bonds is 5. The number of likely N-dealkylation sites (N-methyl/N-ethyl adjacent to an activating group) is 1. The van der Waals surface area contributed by atoms with Crippen molar-refractivity contribution < 1.29 is 14.5 Å². The monoisotopic (exact) mass is 366 g/mol. The molecular weight excluding hydrogens is 349 g/mol. The number of amides is 3. The van der Waals surface area contributed by atoms with Crippen molar-refractivity contribution in [2.75, 3.05) is 7.05 Å². The van der Waals surface area contributed by atoms with E-state index in [2.05, 4.69) is 5.32 Å². The van der Waals surface area contributed by atoms with Crippen molar-refractivity contribution in [3.63, 3.8) is 0 Å². The number of carbonyl (C=O) groups excluding carboxylic acids is 2. The minimum atomic E-state index is -0.880. The molecule has 2 aromatic carbocycles. The first-order chi connectivity index (χ1) is 11.4. The van der Waals surface area contributed by atoms with Crippen LogP contribution in [0.1, 0.15) is 17.2 Å². The molecule has 3 amide bonds. The van der Waals surface area contributed by atoms with Gasteiger partial charge >= 0.3 is 6.03 Å². The van der Waals surface area contributed by atoms with Crippen molar-refractivity contribution in [3.8, 4) is 0 Å². The highest BCUT2D eigenvalue weighted by Crippen LogP contribution is 2.25. The smallest absolute Gasteiger partial charge is 0.319 e. The van der Waals surface area contributed by atoms with Crippen LogP contribution in [0.5, 0.6) is 0 Å². The van der Waals surface area contributed by atoms with Gasteiger partial charge in [0.15, 0.2) is 6.04 Å². The summed E-state index contributed by atoms with van der Waals surface area (Å²) in [5.41, 5.74) is 6.67. The molecule has 0 aliphatic heterocycles. The van der Waals surface area contributed by atoms with E-state index in [1.54, 1.807) is 12.1 Å². The first-order valence-electron chi connectivity index (χ1n) is 7.30. The molecule has 1 unspecified atom stereocenters. The zero-order chi connectivity index (χ0) is 17.7. The van der Waals surface area contributed by atoms with Gasteiger partial charge in [-0.1, -0.05) is 65.7 Å². The summed E-state index contributed by atoms with van der Waals surface area (Å²) in [6, 6.07) is 13.0. The van der Waals surface area contributed by atoms with Crippen LogP contribution >= 0.6 is 23.2 Å². The molecule has 0 fully saturated rings. The summed E-state index contributed by atoms with van der Waals surface area (Å²) < 4.78 is 0. The van der Waals surface area contributed by atoms with Crippen molar-refractivity contribution in [2.24, 2.45) is 5.73 Å². The number of hydrogen-bond acceptors (Lipinski definition) is 2. The molecule has 126 valence electrons. The molecule has 0 heterocycles. The Labute approximate surface area is 150 Å². The normalized spacial score (nSPS) is 13.1. The topological polar surface area (TPSA) is 76.6 Å². The molecule has 2 atom stereocenters. The maximum absolute atomic E-state index is 12.4. The lowest BCUT2D eigenvalue weighted by molar-refractivity contribution is -0.916. The van der Waals surface area contributed by atoms with Crippen LogP contribution in [0.2, 0.25) is 10.0 Å². The van der Waals surface area contributed by atoms with E-state index in [4.69, 9.17) is 28.9 Å². The van der Waals surface area contributed by atoms with Crippen molar-refractivity contribution in [1.29, 1.82) is 0 Å². The molecule has 0 saturated heterocycles. The molecule has 2 rings (SSSR count). The van der Waals surface area contributed by atoms with Crippen LogP contribution in [-0.4, -0.2) is 19.0 Å². The van der Waals surface area contributed by atoms with Crippen molar-refractivity contribution >= 4 is 35.1 Å². The summed E-state index contributed by atoms with van der Waals surface area (Å²) in [7, 11) is 1.84. The Morgan fingerprint density at radius 2 is 1.79 bits per heavy atom. The first kappa shape index (κ1) is 18.3. The molecule has 0 aliphatic rings. The maximum atomic E-state index is 12.4. The van der Waals surface area contributed by atoms with Gasteiger partial charge in [-0.25, -0.2) is 4.79 Å². The second-order valence-electron chi connectivity index (χ2n) is 5.43. The summed E-state index contributed by atoms with van der Waals surface area (Å²) in [5.74, 6) is -0.468. The molecule has 0 aliphatic carbocycles. The van der Waals surface area contributed by atoms with Gasteiger partial charge in [-0.3, -0.25) is 10.1 Å². The molecule has 0 bridgehead atoms. The Morgan fingerprint density at radius 3 is 2.42 bits per heavy atom. The third kappa shape index (κ3) is 4.47. The number of imide groups is 1. The van der Waals surface area contributed by atoms with E-state index in [0.29, 0.717) is 16.6 Å². The average molecular weight is 367 g/mol. The molecule has 0 saturated carbocycles. The summed E-state index contributed by atoms with van der Waals surface area (Å²) in [6.07, 6.45) is 0. The molecule has 24 heavy (non-hydrogen) atoms. The number of nitrogens with one attached hydrogen (secondary N) is 2. The van der Waals surface area contributed by atoms with Gasteiger partial charge in [0.2, 0.25) is 0 Å². The molecule has 7 heteroatoms. The summed E-state index contributed by atoms with van der Waals surface area (Å²) >= 11 is 12.3. The van der Waals surface area contributed by atoms with Crippen molar-refractivity contribution in [1.82, 2.24) is 5.32 Å². The molecule has 0 radical (unpaired) electrons. The number of nitrogens with two attached hydrogens (primary N) is 1. The SMILES string of the molecule is C[NH+](Cc1cccc(Cl)c1Cl)[C@@H](C(=O)NC(N)=O)c1ccccc1. The van der Waals surface area contributed by atoms with Crippen LogP contribution in [-0.2, 0) is 11.3 Å².